The van der Waals surface area contributed by atoms with Gasteiger partial charge in [-0.15, -0.1) is 0 Å². The summed E-state index contributed by atoms with van der Waals surface area (Å²) in [5.41, 5.74) is 2.85. The lowest BCUT2D eigenvalue weighted by atomic mass is 10.2. The zero-order chi connectivity index (χ0) is 30.1. The van der Waals surface area contributed by atoms with Gasteiger partial charge >= 0.3 is 0 Å². The Labute approximate surface area is 257 Å². The number of rotatable bonds is 8. The summed E-state index contributed by atoms with van der Waals surface area (Å²) in [6.07, 6.45) is 2.88. The van der Waals surface area contributed by atoms with Gasteiger partial charge in [-0.05, 0) is 63.9 Å². The average molecular weight is 597 g/mol. The standard InChI is InChI=1S/C37H33FN4OSi/c1-44(31-12-4-2-5-13-31,32-14-6-3-7-15-32)33-17-18-34-28(23-33)24-35(42(34)26-27-10-8-11-29(38)22-27)37(43)40-30-16-19-36(39-25-30)41-20-9-21-41/h2-8,10-19,22-25H,9,20-21,26H2,1H3,(H,40,43). The molecule has 1 aliphatic heterocycles. The van der Waals surface area contributed by atoms with E-state index in [0.29, 0.717) is 17.9 Å². The van der Waals surface area contributed by atoms with Crippen molar-refractivity contribution in [3.8, 4) is 0 Å². The third-order valence-electron chi connectivity index (χ3n) is 8.83. The molecule has 218 valence electrons. The molecule has 0 unspecified atom stereocenters. The van der Waals surface area contributed by atoms with E-state index in [9.17, 15) is 9.18 Å². The summed E-state index contributed by atoms with van der Waals surface area (Å²) in [4.78, 5) is 20.6. The first kappa shape index (κ1) is 27.8. The van der Waals surface area contributed by atoms with Crippen molar-refractivity contribution in [2.24, 2.45) is 0 Å². The van der Waals surface area contributed by atoms with Crippen molar-refractivity contribution >= 4 is 51.9 Å². The Morgan fingerprint density at radius 3 is 2.16 bits per heavy atom. The molecule has 0 aliphatic carbocycles. The molecule has 4 aromatic carbocycles. The first-order chi connectivity index (χ1) is 21.5. The van der Waals surface area contributed by atoms with Crippen LogP contribution in [0, 0.1) is 5.82 Å². The molecular weight excluding hydrogens is 564 g/mol. The molecule has 0 atom stereocenters. The maximum atomic E-state index is 14.2. The Kier molecular flexibility index (Phi) is 7.32. The van der Waals surface area contributed by atoms with Crippen LogP contribution in [0.25, 0.3) is 10.9 Å². The van der Waals surface area contributed by atoms with E-state index in [1.165, 1.54) is 34.1 Å². The van der Waals surface area contributed by atoms with E-state index in [4.69, 9.17) is 0 Å². The predicted molar refractivity (Wildman–Crippen MR) is 180 cm³/mol. The van der Waals surface area contributed by atoms with Crippen LogP contribution < -0.4 is 25.8 Å². The number of halogens is 1. The van der Waals surface area contributed by atoms with Crippen molar-refractivity contribution in [2.75, 3.05) is 23.3 Å². The topological polar surface area (TPSA) is 50.2 Å². The lowest BCUT2D eigenvalue weighted by Crippen LogP contribution is -2.64. The fourth-order valence-electron chi connectivity index (χ4n) is 6.19. The van der Waals surface area contributed by atoms with Gasteiger partial charge in [0.15, 0.2) is 0 Å². The second-order valence-electron chi connectivity index (χ2n) is 11.6. The number of carbonyl (C=O) groups is 1. The third kappa shape index (κ3) is 5.20. The summed E-state index contributed by atoms with van der Waals surface area (Å²) in [6, 6.07) is 40.3. The molecule has 7 heteroatoms. The fraction of sp³-hybridized carbons (Fsp3) is 0.135. The van der Waals surface area contributed by atoms with Gasteiger partial charge in [0.2, 0.25) is 0 Å². The Balaban J connectivity index is 1.31. The van der Waals surface area contributed by atoms with Crippen LogP contribution >= 0.6 is 0 Å². The molecular formula is C37H33FN4OSi. The second kappa shape index (κ2) is 11.6. The third-order valence-corrected chi connectivity index (χ3v) is 13.3. The van der Waals surface area contributed by atoms with Crippen LogP contribution in [0.3, 0.4) is 0 Å². The van der Waals surface area contributed by atoms with E-state index < -0.39 is 8.07 Å². The van der Waals surface area contributed by atoms with Gasteiger partial charge in [0.25, 0.3) is 5.91 Å². The van der Waals surface area contributed by atoms with Gasteiger partial charge in [-0.3, -0.25) is 4.79 Å². The number of amides is 1. The Morgan fingerprint density at radius 1 is 0.818 bits per heavy atom. The lowest BCUT2D eigenvalue weighted by Gasteiger charge is -2.31. The van der Waals surface area contributed by atoms with Gasteiger partial charge in [0, 0.05) is 30.5 Å². The quantitative estimate of drug-likeness (QED) is 0.179. The number of hydrogen-bond acceptors (Lipinski definition) is 3. The summed E-state index contributed by atoms with van der Waals surface area (Å²) in [7, 11) is -2.36. The average Bonchev–Trinajstić information content (AvgIpc) is 3.39. The fourth-order valence-corrected chi connectivity index (χ4v) is 9.77. The molecule has 2 aromatic heterocycles. The Hall–Kier alpha value is -5.01. The van der Waals surface area contributed by atoms with Crippen LogP contribution in [0.2, 0.25) is 6.55 Å². The molecule has 1 N–H and O–H groups in total. The second-order valence-corrected chi connectivity index (χ2v) is 15.6. The summed E-state index contributed by atoms with van der Waals surface area (Å²) in [5.74, 6) is 0.392. The Morgan fingerprint density at radius 2 is 1.55 bits per heavy atom. The molecule has 7 rings (SSSR count). The maximum absolute atomic E-state index is 14.2. The number of anilines is 2. The largest absolute Gasteiger partial charge is 0.356 e. The van der Waals surface area contributed by atoms with Crippen molar-refractivity contribution in [3.05, 3.63) is 145 Å². The van der Waals surface area contributed by atoms with Crippen molar-refractivity contribution in [1.82, 2.24) is 9.55 Å². The minimum atomic E-state index is -2.36. The van der Waals surface area contributed by atoms with Gasteiger partial charge in [-0.2, -0.15) is 0 Å². The Bertz CT molecular complexity index is 1900. The van der Waals surface area contributed by atoms with Crippen LogP contribution in [0.15, 0.2) is 128 Å². The van der Waals surface area contributed by atoms with Gasteiger partial charge < -0.3 is 14.8 Å². The summed E-state index contributed by atoms with van der Waals surface area (Å²) < 4.78 is 16.2. The maximum Gasteiger partial charge on any atom is 0.272 e. The molecule has 1 amide bonds. The van der Waals surface area contributed by atoms with E-state index in [1.54, 1.807) is 12.3 Å². The van der Waals surface area contributed by atoms with Crippen molar-refractivity contribution in [3.63, 3.8) is 0 Å². The van der Waals surface area contributed by atoms with Gasteiger partial charge in [0.05, 0.1) is 11.9 Å². The smallest absolute Gasteiger partial charge is 0.272 e. The first-order valence-corrected chi connectivity index (χ1v) is 17.5. The highest BCUT2D eigenvalue weighted by atomic mass is 28.3. The number of fused-ring (bicyclic) bond motifs is 1. The molecule has 3 heterocycles. The normalized spacial score (nSPS) is 13.1. The molecule has 0 radical (unpaired) electrons. The minimum Gasteiger partial charge on any atom is -0.356 e. The van der Waals surface area contributed by atoms with Gasteiger partial charge in [-0.1, -0.05) is 91.5 Å². The van der Waals surface area contributed by atoms with E-state index in [0.717, 1.165) is 35.4 Å². The summed E-state index contributed by atoms with van der Waals surface area (Å²) in [5, 5.41) is 7.91. The van der Waals surface area contributed by atoms with E-state index in [-0.39, 0.29) is 11.7 Å². The highest BCUT2D eigenvalue weighted by molar-refractivity contribution is 7.10. The van der Waals surface area contributed by atoms with Crippen LogP contribution in [0.4, 0.5) is 15.9 Å². The van der Waals surface area contributed by atoms with Gasteiger partial charge in [-0.25, -0.2) is 9.37 Å². The molecule has 5 nitrogen and oxygen atoms in total. The number of pyridine rings is 1. The molecule has 0 spiro atoms. The predicted octanol–water partition coefficient (Wildman–Crippen LogP) is 5.79. The molecule has 6 aromatic rings. The molecule has 44 heavy (non-hydrogen) atoms. The molecule has 1 saturated heterocycles. The van der Waals surface area contributed by atoms with Gasteiger partial charge in [0.1, 0.15) is 25.4 Å². The number of carbonyl (C=O) groups excluding carboxylic acids is 1. The van der Waals surface area contributed by atoms with E-state index in [2.05, 4.69) is 101 Å². The highest BCUT2D eigenvalue weighted by Gasteiger charge is 2.34. The number of aromatic nitrogens is 2. The van der Waals surface area contributed by atoms with Crippen LogP contribution in [-0.4, -0.2) is 36.6 Å². The number of hydrogen-bond donors (Lipinski definition) is 1. The van der Waals surface area contributed by atoms with E-state index in [1.807, 2.05) is 28.8 Å². The molecule has 1 fully saturated rings. The van der Waals surface area contributed by atoms with Crippen LogP contribution in [-0.2, 0) is 6.54 Å². The molecule has 0 bridgehead atoms. The zero-order valence-electron chi connectivity index (χ0n) is 24.6. The monoisotopic (exact) mass is 596 g/mol. The molecule has 1 aliphatic rings. The first-order valence-electron chi connectivity index (χ1n) is 15.0. The zero-order valence-corrected chi connectivity index (χ0v) is 25.6. The van der Waals surface area contributed by atoms with Crippen molar-refractivity contribution in [2.45, 2.75) is 19.5 Å². The number of nitrogens with zero attached hydrogens (tertiary/aromatic N) is 3. The minimum absolute atomic E-state index is 0.233. The summed E-state index contributed by atoms with van der Waals surface area (Å²) in [6.45, 7) is 4.77. The summed E-state index contributed by atoms with van der Waals surface area (Å²) >= 11 is 0. The number of benzene rings is 4. The highest BCUT2D eigenvalue weighted by Crippen LogP contribution is 2.25. The molecule has 0 saturated carbocycles. The number of nitrogens with one attached hydrogen (secondary N) is 1. The van der Waals surface area contributed by atoms with Crippen molar-refractivity contribution in [1.29, 1.82) is 0 Å². The van der Waals surface area contributed by atoms with Crippen LogP contribution in [0.1, 0.15) is 22.5 Å². The van der Waals surface area contributed by atoms with Crippen LogP contribution in [0.5, 0.6) is 0 Å². The lowest BCUT2D eigenvalue weighted by molar-refractivity contribution is 0.101. The van der Waals surface area contributed by atoms with E-state index >= 15 is 0 Å². The van der Waals surface area contributed by atoms with Crippen molar-refractivity contribution < 1.29 is 9.18 Å². The SMILES string of the molecule is C[Si](c1ccccc1)(c1ccccc1)c1ccc2c(c1)cc(C(=O)Nc1ccc(N3CCC3)nc1)n2Cc1cccc(F)c1.